The first-order chi connectivity index (χ1) is 11.8. The predicted octanol–water partition coefficient (Wildman–Crippen LogP) is 2.27. The summed E-state index contributed by atoms with van der Waals surface area (Å²) in [5, 5.41) is 15.2. The maximum Gasteiger partial charge on any atom is 0.143 e. The van der Waals surface area contributed by atoms with Gasteiger partial charge in [0.25, 0.3) is 0 Å². The summed E-state index contributed by atoms with van der Waals surface area (Å²) in [6, 6.07) is 9.45. The van der Waals surface area contributed by atoms with E-state index in [-0.39, 0.29) is 0 Å². The highest BCUT2D eigenvalue weighted by Crippen LogP contribution is 2.63. The van der Waals surface area contributed by atoms with E-state index in [2.05, 4.69) is 52.0 Å². The fourth-order valence-corrected chi connectivity index (χ4v) is 5.06. The Labute approximate surface area is 141 Å². The molecule has 2 saturated carbocycles. The van der Waals surface area contributed by atoms with Crippen LogP contribution < -0.4 is 5.32 Å². The molecule has 1 aromatic heterocycles. The average molecular weight is 325 g/mol. The topological polar surface area (TPSA) is 64.9 Å². The molecule has 4 atom stereocenters. The van der Waals surface area contributed by atoms with E-state index in [1.165, 1.54) is 31.2 Å². The number of hydrogen-bond acceptors (Lipinski definition) is 5. The first kappa shape index (κ1) is 14.5. The molecule has 0 bridgehead atoms. The van der Waals surface area contributed by atoms with Gasteiger partial charge in [0.05, 0.1) is 11.8 Å². The lowest BCUT2D eigenvalue weighted by molar-refractivity contribution is -0.178. The van der Waals surface area contributed by atoms with E-state index < -0.39 is 0 Å². The third-order valence-electron chi connectivity index (χ3n) is 6.47. The monoisotopic (exact) mass is 325 g/mol. The van der Waals surface area contributed by atoms with Crippen molar-refractivity contribution < 1.29 is 4.74 Å². The molecule has 1 spiro atoms. The second kappa shape index (κ2) is 5.36. The van der Waals surface area contributed by atoms with E-state index in [1.54, 1.807) is 11.0 Å². The van der Waals surface area contributed by atoms with Gasteiger partial charge in [-0.1, -0.05) is 18.6 Å². The largest absolute Gasteiger partial charge is 0.377 e. The molecule has 2 heterocycles. The van der Waals surface area contributed by atoms with E-state index in [1.807, 2.05) is 0 Å². The molecule has 0 unspecified atom stereocenters. The SMILES string of the molecule is C[C@H](N[C@@H]1[C@H]2CCO[C@@H]2C12CCC2)c1ccc(-n2cnnn2)cc1. The van der Waals surface area contributed by atoms with Crippen molar-refractivity contribution in [2.75, 3.05) is 6.61 Å². The third kappa shape index (κ3) is 1.99. The maximum atomic E-state index is 6.02. The number of nitrogens with zero attached hydrogens (tertiary/aromatic N) is 4. The van der Waals surface area contributed by atoms with Crippen LogP contribution >= 0.6 is 0 Å². The lowest BCUT2D eigenvalue weighted by Gasteiger charge is -2.64. The van der Waals surface area contributed by atoms with Crippen molar-refractivity contribution in [3.8, 4) is 5.69 Å². The van der Waals surface area contributed by atoms with Gasteiger partial charge in [0.2, 0.25) is 0 Å². The Morgan fingerprint density at radius 2 is 2.12 bits per heavy atom. The van der Waals surface area contributed by atoms with Crippen LogP contribution in [0.1, 0.15) is 44.2 Å². The molecule has 1 saturated heterocycles. The van der Waals surface area contributed by atoms with E-state index in [9.17, 15) is 0 Å². The number of ether oxygens (including phenoxy) is 1. The van der Waals surface area contributed by atoms with Crippen LogP contribution in [0, 0.1) is 11.3 Å². The van der Waals surface area contributed by atoms with Crippen molar-refractivity contribution in [2.24, 2.45) is 11.3 Å². The zero-order valence-corrected chi connectivity index (χ0v) is 13.9. The number of nitrogens with one attached hydrogen (secondary N) is 1. The molecule has 1 aliphatic heterocycles. The second-order valence-corrected chi connectivity index (χ2v) is 7.54. The number of benzene rings is 1. The van der Waals surface area contributed by atoms with Gasteiger partial charge in [-0.2, -0.15) is 0 Å². The summed E-state index contributed by atoms with van der Waals surface area (Å²) in [6.07, 6.45) is 7.38. The molecule has 6 heteroatoms. The molecule has 0 radical (unpaired) electrons. The summed E-state index contributed by atoms with van der Waals surface area (Å²) < 4.78 is 7.70. The number of aromatic nitrogens is 4. The minimum atomic E-state index is 0.344. The van der Waals surface area contributed by atoms with Crippen LogP contribution in [0.2, 0.25) is 0 Å². The van der Waals surface area contributed by atoms with Gasteiger partial charge in [0.15, 0.2) is 0 Å². The second-order valence-electron chi connectivity index (χ2n) is 7.54. The van der Waals surface area contributed by atoms with Crippen LogP contribution in [-0.4, -0.2) is 39.0 Å². The molecular formula is C18H23N5O. The predicted molar refractivity (Wildman–Crippen MR) is 88.6 cm³/mol. The molecule has 1 aromatic carbocycles. The van der Waals surface area contributed by atoms with E-state index >= 15 is 0 Å². The Bertz CT molecular complexity index is 710. The highest BCUT2D eigenvalue weighted by Gasteiger charge is 2.66. The molecule has 24 heavy (non-hydrogen) atoms. The van der Waals surface area contributed by atoms with Gasteiger partial charge in [0, 0.05) is 30.0 Å². The van der Waals surface area contributed by atoms with Gasteiger partial charge in [-0.3, -0.25) is 0 Å². The minimum absolute atomic E-state index is 0.344. The first-order valence-electron chi connectivity index (χ1n) is 8.99. The third-order valence-corrected chi connectivity index (χ3v) is 6.47. The highest BCUT2D eigenvalue weighted by atomic mass is 16.5. The summed E-state index contributed by atoms with van der Waals surface area (Å²) in [6.45, 7) is 3.21. The molecule has 3 fully saturated rings. The maximum absolute atomic E-state index is 6.02. The Kier molecular flexibility index (Phi) is 3.25. The Morgan fingerprint density at radius 1 is 1.29 bits per heavy atom. The van der Waals surface area contributed by atoms with E-state index in [0.29, 0.717) is 29.5 Å². The molecule has 0 amide bonds. The summed E-state index contributed by atoms with van der Waals surface area (Å²) >= 11 is 0. The normalized spacial score (nSPS) is 31.3. The lowest BCUT2D eigenvalue weighted by atomic mass is 9.46. The fraction of sp³-hybridized carbons (Fsp3) is 0.611. The molecule has 3 aliphatic rings. The molecule has 1 N–H and O–H groups in total. The summed E-state index contributed by atoms with van der Waals surface area (Å²) in [4.78, 5) is 0. The standard InChI is InChI=1S/C18H23N5O/c1-12(13-3-5-14(6-4-13)23-11-19-21-22-23)20-16-15-7-10-24-17(15)18(16)8-2-9-18/h3-6,11-12,15-17,20H,2,7-10H2,1H3/t12-,15+,16+,17-/m0/s1. The van der Waals surface area contributed by atoms with Crippen LogP contribution in [-0.2, 0) is 4.74 Å². The Balaban J connectivity index is 1.31. The first-order valence-corrected chi connectivity index (χ1v) is 8.99. The zero-order valence-electron chi connectivity index (χ0n) is 13.9. The molecule has 6 nitrogen and oxygen atoms in total. The average Bonchev–Trinajstić information content (AvgIpc) is 3.22. The molecular weight excluding hydrogens is 302 g/mol. The zero-order chi connectivity index (χ0) is 16.1. The number of hydrogen-bond donors (Lipinski definition) is 1. The number of rotatable bonds is 4. The van der Waals surface area contributed by atoms with Crippen LogP contribution in [0.25, 0.3) is 5.69 Å². The van der Waals surface area contributed by atoms with Gasteiger partial charge in [-0.25, -0.2) is 4.68 Å². The Hall–Kier alpha value is -1.79. The van der Waals surface area contributed by atoms with Crippen LogP contribution in [0.5, 0.6) is 0 Å². The fourth-order valence-electron chi connectivity index (χ4n) is 5.06. The van der Waals surface area contributed by atoms with E-state index in [0.717, 1.165) is 12.3 Å². The van der Waals surface area contributed by atoms with Gasteiger partial charge < -0.3 is 10.1 Å². The lowest BCUT2D eigenvalue weighted by Crippen LogP contribution is -2.71. The van der Waals surface area contributed by atoms with Crippen molar-refractivity contribution in [2.45, 2.75) is 50.8 Å². The smallest absolute Gasteiger partial charge is 0.143 e. The van der Waals surface area contributed by atoms with Gasteiger partial charge in [-0.15, -0.1) is 5.10 Å². The van der Waals surface area contributed by atoms with Gasteiger partial charge in [-0.05, 0) is 54.3 Å². The quantitative estimate of drug-likeness (QED) is 0.934. The Morgan fingerprint density at radius 3 is 2.79 bits per heavy atom. The van der Waals surface area contributed by atoms with Crippen molar-refractivity contribution in [1.29, 1.82) is 0 Å². The van der Waals surface area contributed by atoms with Gasteiger partial charge in [0.1, 0.15) is 6.33 Å². The molecule has 126 valence electrons. The van der Waals surface area contributed by atoms with Crippen molar-refractivity contribution in [3.05, 3.63) is 36.2 Å². The molecule has 5 rings (SSSR count). The summed E-state index contributed by atoms with van der Waals surface area (Å²) in [5.74, 6) is 0.716. The number of fused-ring (bicyclic) bond motifs is 2. The molecule has 2 aromatic rings. The van der Waals surface area contributed by atoms with Crippen molar-refractivity contribution in [1.82, 2.24) is 25.5 Å². The van der Waals surface area contributed by atoms with E-state index in [4.69, 9.17) is 4.74 Å². The number of tetrazole rings is 1. The van der Waals surface area contributed by atoms with Crippen LogP contribution in [0.3, 0.4) is 0 Å². The van der Waals surface area contributed by atoms with Crippen molar-refractivity contribution in [3.63, 3.8) is 0 Å². The summed E-state index contributed by atoms with van der Waals surface area (Å²) in [7, 11) is 0. The molecule has 2 aliphatic carbocycles. The van der Waals surface area contributed by atoms with Crippen molar-refractivity contribution >= 4 is 0 Å². The summed E-state index contributed by atoms with van der Waals surface area (Å²) in [5.41, 5.74) is 2.73. The highest BCUT2D eigenvalue weighted by molar-refractivity contribution is 5.34. The van der Waals surface area contributed by atoms with Crippen LogP contribution in [0.4, 0.5) is 0 Å². The van der Waals surface area contributed by atoms with Crippen LogP contribution in [0.15, 0.2) is 30.6 Å². The minimum Gasteiger partial charge on any atom is -0.377 e. The van der Waals surface area contributed by atoms with Gasteiger partial charge >= 0.3 is 0 Å².